The van der Waals surface area contributed by atoms with Gasteiger partial charge in [0.1, 0.15) is 11.2 Å². The fourth-order valence-corrected chi connectivity index (χ4v) is 5.72. The minimum absolute atomic E-state index is 0.0658. The Morgan fingerprint density at radius 1 is 1.32 bits per heavy atom. The summed E-state index contributed by atoms with van der Waals surface area (Å²) in [5.41, 5.74) is 3.03. The van der Waals surface area contributed by atoms with E-state index in [1.165, 1.54) is 28.6 Å². The monoisotopic (exact) mass is 409 g/mol. The van der Waals surface area contributed by atoms with Crippen molar-refractivity contribution < 1.29 is 4.79 Å². The fraction of sp³-hybridized carbons (Fsp3) is 0.300. The van der Waals surface area contributed by atoms with Crippen molar-refractivity contribution in [2.24, 2.45) is 5.92 Å². The highest BCUT2D eigenvalue weighted by Crippen LogP contribution is 2.39. The van der Waals surface area contributed by atoms with Gasteiger partial charge in [-0.1, -0.05) is 36.9 Å². The van der Waals surface area contributed by atoms with E-state index < -0.39 is 0 Å². The molecular weight excluding hydrogens is 390 g/mol. The second-order valence-corrected chi connectivity index (χ2v) is 9.18. The molecule has 0 radical (unpaired) electrons. The van der Waals surface area contributed by atoms with Crippen LogP contribution in [0.1, 0.15) is 23.8 Å². The van der Waals surface area contributed by atoms with Gasteiger partial charge < -0.3 is 5.32 Å². The number of aromatic nitrogens is 4. The molecule has 0 bridgehead atoms. The molecular formula is C20H19N5OS2. The third-order valence-corrected chi connectivity index (χ3v) is 7.17. The third-order valence-electron chi connectivity index (χ3n) is 5.06. The zero-order valence-corrected chi connectivity index (χ0v) is 17.0. The molecule has 0 saturated heterocycles. The summed E-state index contributed by atoms with van der Waals surface area (Å²) >= 11 is 3.16. The average Bonchev–Trinajstić information content (AvgIpc) is 3.27. The van der Waals surface area contributed by atoms with Crippen LogP contribution >= 0.6 is 23.1 Å². The van der Waals surface area contributed by atoms with Crippen LogP contribution in [0.4, 0.5) is 5.69 Å². The number of aryl methyl sites for hydroxylation is 1. The lowest BCUT2D eigenvalue weighted by atomic mass is 9.89. The molecule has 142 valence electrons. The SMILES string of the molecule is C[C@@H]1CCc2c(sc3ncn4c(SCC(=O)Nc5ccccc5)nnc4c23)C1. The molecule has 1 aromatic carbocycles. The molecule has 1 aliphatic carbocycles. The maximum atomic E-state index is 12.2. The van der Waals surface area contributed by atoms with Crippen molar-refractivity contribution in [3.05, 3.63) is 47.1 Å². The van der Waals surface area contributed by atoms with Crippen molar-refractivity contribution in [3.63, 3.8) is 0 Å². The number of para-hydroxylation sites is 1. The second kappa shape index (κ2) is 7.18. The predicted molar refractivity (Wildman–Crippen MR) is 113 cm³/mol. The molecule has 8 heteroatoms. The minimum atomic E-state index is -0.0658. The summed E-state index contributed by atoms with van der Waals surface area (Å²) in [7, 11) is 0. The van der Waals surface area contributed by atoms with E-state index in [4.69, 9.17) is 0 Å². The van der Waals surface area contributed by atoms with Gasteiger partial charge in [0.15, 0.2) is 10.8 Å². The number of fused-ring (bicyclic) bond motifs is 5. The number of carbonyl (C=O) groups excluding carboxylic acids is 1. The summed E-state index contributed by atoms with van der Waals surface area (Å²) in [4.78, 5) is 19.4. The number of carbonyl (C=O) groups is 1. The van der Waals surface area contributed by atoms with E-state index in [0.717, 1.165) is 40.3 Å². The lowest BCUT2D eigenvalue weighted by Crippen LogP contribution is -2.14. The number of rotatable bonds is 4. The molecule has 3 heterocycles. The standard InChI is InChI=1S/C20H19N5OS2/c1-12-7-8-14-15(9-12)28-19-17(14)18-23-24-20(25(18)11-21-19)27-10-16(26)22-13-5-3-2-4-6-13/h2-6,11-12H,7-10H2,1H3,(H,22,26)/t12-/m1/s1. The van der Waals surface area contributed by atoms with Gasteiger partial charge in [-0.2, -0.15) is 0 Å². The smallest absolute Gasteiger partial charge is 0.234 e. The Balaban J connectivity index is 1.40. The first-order valence-corrected chi connectivity index (χ1v) is 11.1. The van der Waals surface area contributed by atoms with E-state index in [2.05, 4.69) is 27.4 Å². The van der Waals surface area contributed by atoms with Gasteiger partial charge in [-0.25, -0.2) is 4.98 Å². The molecule has 28 heavy (non-hydrogen) atoms. The highest BCUT2D eigenvalue weighted by Gasteiger charge is 2.24. The van der Waals surface area contributed by atoms with E-state index in [-0.39, 0.29) is 11.7 Å². The number of benzene rings is 1. The Morgan fingerprint density at radius 3 is 3.04 bits per heavy atom. The first kappa shape index (κ1) is 17.6. The molecule has 0 fully saturated rings. The minimum Gasteiger partial charge on any atom is -0.325 e. The predicted octanol–water partition coefficient (Wildman–Crippen LogP) is 4.19. The van der Waals surface area contributed by atoms with Crippen LogP contribution in [0.3, 0.4) is 0 Å². The highest BCUT2D eigenvalue weighted by atomic mass is 32.2. The molecule has 1 atom stereocenters. The van der Waals surface area contributed by atoms with E-state index in [1.54, 1.807) is 17.7 Å². The van der Waals surface area contributed by atoms with Crippen LogP contribution in [0, 0.1) is 5.92 Å². The maximum Gasteiger partial charge on any atom is 0.234 e. The quantitative estimate of drug-likeness (QED) is 0.512. The largest absolute Gasteiger partial charge is 0.325 e. The zero-order chi connectivity index (χ0) is 19.1. The summed E-state index contributed by atoms with van der Waals surface area (Å²) in [5, 5.41) is 13.5. The Bertz CT molecular complexity index is 1170. The molecule has 5 rings (SSSR count). The topological polar surface area (TPSA) is 72.2 Å². The van der Waals surface area contributed by atoms with Crippen molar-refractivity contribution in [1.82, 2.24) is 19.6 Å². The van der Waals surface area contributed by atoms with Gasteiger partial charge in [0, 0.05) is 10.6 Å². The lowest BCUT2D eigenvalue weighted by Gasteiger charge is -2.17. The fourth-order valence-electron chi connectivity index (χ4n) is 3.67. The molecule has 6 nitrogen and oxygen atoms in total. The zero-order valence-electron chi connectivity index (χ0n) is 15.4. The van der Waals surface area contributed by atoms with Gasteiger partial charge >= 0.3 is 0 Å². The third kappa shape index (κ3) is 3.16. The van der Waals surface area contributed by atoms with Gasteiger partial charge in [-0.15, -0.1) is 21.5 Å². The van der Waals surface area contributed by atoms with Crippen LogP contribution in [0.15, 0.2) is 41.8 Å². The van der Waals surface area contributed by atoms with Crippen LogP contribution in [0.2, 0.25) is 0 Å². The Hall–Kier alpha value is -2.45. The van der Waals surface area contributed by atoms with E-state index in [0.29, 0.717) is 5.16 Å². The van der Waals surface area contributed by atoms with Crippen LogP contribution < -0.4 is 5.32 Å². The summed E-state index contributed by atoms with van der Waals surface area (Å²) in [6.07, 6.45) is 5.18. The first-order chi connectivity index (χ1) is 13.7. The van der Waals surface area contributed by atoms with Crippen LogP contribution in [0.5, 0.6) is 0 Å². The molecule has 1 N–H and O–H groups in total. The Labute approximate surface area is 170 Å². The maximum absolute atomic E-state index is 12.2. The van der Waals surface area contributed by atoms with Crippen molar-refractivity contribution in [1.29, 1.82) is 0 Å². The molecule has 1 aliphatic rings. The average molecular weight is 410 g/mol. The summed E-state index contributed by atoms with van der Waals surface area (Å²) in [6, 6.07) is 9.46. The molecule has 0 spiro atoms. The number of hydrogen-bond donors (Lipinski definition) is 1. The summed E-state index contributed by atoms with van der Waals surface area (Å²) < 4.78 is 1.91. The van der Waals surface area contributed by atoms with E-state index in [9.17, 15) is 4.79 Å². The number of nitrogens with zero attached hydrogens (tertiary/aromatic N) is 4. The van der Waals surface area contributed by atoms with E-state index in [1.807, 2.05) is 34.7 Å². The van der Waals surface area contributed by atoms with Crippen LogP contribution in [-0.4, -0.2) is 31.2 Å². The number of anilines is 1. The van der Waals surface area contributed by atoms with Crippen LogP contribution in [0.25, 0.3) is 15.9 Å². The van der Waals surface area contributed by atoms with Crippen molar-refractivity contribution >= 4 is 50.6 Å². The number of thioether (sulfide) groups is 1. The normalized spacial score (nSPS) is 16.4. The van der Waals surface area contributed by atoms with Gasteiger partial charge in [0.25, 0.3) is 0 Å². The second-order valence-electron chi connectivity index (χ2n) is 7.16. The highest BCUT2D eigenvalue weighted by molar-refractivity contribution is 7.99. The van der Waals surface area contributed by atoms with Crippen molar-refractivity contribution in [2.45, 2.75) is 31.3 Å². The summed E-state index contributed by atoms with van der Waals surface area (Å²) in [5.74, 6) is 0.931. The van der Waals surface area contributed by atoms with Crippen molar-refractivity contribution in [3.8, 4) is 0 Å². The molecule has 0 saturated carbocycles. The van der Waals surface area contributed by atoms with Gasteiger partial charge in [0.05, 0.1) is 11.1 Å². The van der Waals surface area contributed by atoms with Crippen molar-refractivity contribution in [2.75, 3.05) is 11.1 Å². The number of amides is 1. The number of thiophene rings is 1. The molecule has 1 amide bonds. The van der Waals surface area contributed by atoms with Gasteiger partial charge in [0.2, 0.25) is 5.91 Å². The first-order valence-electron chi connectivity index (χ1n) is 9.30. The molecule has 3 aromatic heterocycles. The van der Waals surface area contributed by atoms with Gasteiger partial charge in [-0.3, -0.25) is 9.20 Å². The molecule has 0 aliphatic heterocycles. The molecule has 0 unspecified atom stereocenters. The number of hydrogen-bond acceptors (Lipinski definition) is 6. The Morgan fingerprint density at radius 2 is 2.18 bits per heavy atom. The van der Waals surface area contributed by atoms with Gasteiger partial charge in [-0.05, 0) is 42.9 Å². The number of nitrogens with one attached hydrogen (secondary N) is 1. The van der Waals surface area contributed by atoms with E-state index >= 15 is 0 Å². The summed E-state index contributed by atoms with van der Waals surface area (Å²) in [6.45, 7) is 2.31. The lowest BCUT2D eigenvalue weighted by molar-refractivity contribution is -0.113. The Kier molecular flexibility index (Phi) is 4.52. The molecule has 4 aromatic rings. The van der Waals surface area contributed by atoms with Crippen LogP contribution in [-0.2, 0) is 17.6 Å².